The number of aromatic nitrogens is 2. The van der Waals surface area contributed by atoms with Crippen molar-refractivity contribution >= 4 is 141 Å². The molecular formula is C46H26N2S. The van der Waals surface area contributed by atoms with Crippen molar-refractivity contribution in [2.45, 2.75) is 27.7 Å². The molecule has 0 saturated heterocycles. The molecule has 0 aliphatic heterocycles. The quantitative estimate of drug-likeness (QED) is 0.122. The zero-order valence-corrected chi connectivity index (χ0v) is 28.2. The zero-order chi connectivity index (χ0) is 32.2. The van der Waals surface area contributed by atoms with Crippen LogP contribution in [0.1, 0.15) is 22.3 Å². The topological polar surface area (TPSA) is 25.8 Å². The highest BCUT2D eigenvalue weighted by Crippen LogP contribution is 2.58. The molecule has 0 radical (unpaired) electrons. The van der Waals surface area contributed by atoms with Gasteiger partial charge < -0.3 is 0 Å². The Hall–Kier alpha value is -5.64. The summed E-state index contributed by atoms with van der Waals surface area (Å²) in [4.78, 5) is 0. The lowest BCUT2D eigenvalue weighted by molar-refractivity contribution is 1.51. The number of fused-ring (bicyclic) bond motifs is 12. The van der Waals surface area contributed by atoms with Crippen LogP contribution in [0, 0.1) is 27.7 Å². The normalized spacial score (nSPS) is 13.3. The van der Waals surface area contributed by atoms with Crippen LogP contribution in [0.4, 0.5) is 0 Å². The molecule has 0 bridgehead atoms. The van der Waals surface area contributed by atoms with Crippen LogP contribution in [0.3, 0.4) is 0 Å². The fraction of sp³-hybridized carbons (Fsp3) is 0.0870. The Morgan fingerprint density at radius 1 is 0.327 bits per heavy atom. The maximum Gasteiger partial charge on any atom is 0.113 e. The van der Waals surface area contributed by atoms with Crippen LogP contribution in [-0.4, -0.2) is 8.75 Å². The van der Waals surface area contributed by atoms with E-state index in [1.54, 1.807) is 0 Å². The molecule has 0 amide bonds. The fourth-order valence-electron chi connectivity index (χ4n) is 10.5. The molecule has 0 N–H and O–H groups in total. The van der Waals surface area contributed by atoms with Gasteiger partial charge in [-0.15, -0.1) is 0 Å². The van der Waals surface area contributed by atoms with Crippen LogP contribution in [0.5, 0.6) is 0 Å². The molecular weight excluding hydrogens is 613 g/mol. The van der Waals surface area contributed by atoms with E-state index in [2.05, 4.69) is 113 Å². The molecule has 2 nitrogen and oxygen atoms in total. The van der Waals surface area contributed by atoms with Crippen LogP contribution in [0.15, 0.2) is 84.9 Å². The summed E-state index contributed by atoms with van der Waals surface area (Å²) in [5.41, 5.74) is 7.32. The van der Waals surface area contributed by atoms with Crippen molar-refractivity contribution < 1.29 is 0 Å². The molecule has 3 heteroatoms. The third-order valence-corrected chi connectivity index (χ3v) is 12.7. The van der Waals surface area contributed by atoms with Crippen molar-refractivity contribution in [1.82, 2.24) is 8.75 Å². The highest BCUT2D eigenvalue weighted by Gasteiger charge is 2.30. The first-order chi connectivity index (χ1) is 24.0. The molecule has 0 atom stereocenters. The molecule has 1 aromatic heterocycles. The Bertz CT molecular complexity index is 3400. The molecule has 226 valence electrons. The van der Waals surface area contributed by atoms with Gasteiger partial charge in [0.1, 0.15) is 11.0 Å². The van der Waals surface area contributed by atoms with Crippen molar-refractivity contribution in [2.75, 3.05) is 0 Å². The predicted octanol–water partition coefficient (Wildman–Crippen LogP) is 13.4. The van der Waals surface area contributed by atoms with Gasteiger partial charge in [0.05, 0.1) is 11.7 Å². The number of hydrogen-bond donors (Lipinski definition) is 0. The van der Waals surface area contributed by atoms with E-state index in [1.165, 1.54) is 152 Å². The molecule has 0 fully saturated rings. The summed E-state index contributed by atoms with van der Waals surface area (Å²) in [6.07, 6.45) is 0. The standard InChI is InChI=1S/C46H26N2S/c1-19-11-13-23-25-7-5-9-27-35(25)37-31(29(23)15-19)17-21(3)33-34-22(4)18-32-30-16-20(2)12-14-24(30)26-8-6-10-28-36(26)38(32)42(34)44-40(28)46-45(47-49-48-46)39(27)43(44)41(33)37/h5-18H,1-4H3. The lowest BCUT2D eigenvalue weighted by Crippen LogP contribution is -2.00. The van der Waals surface area contributed by atoms with Gasteiger partial charge in [0.15, 0.2) is 0 Å². The van der Waals surface area contributed by atoms with Gasteiger partial charge in [0.25, 0.3) is 0 Å². The zero-order valence-electron chi connectivity index (χ0n) is 27.4. The summed E-state index contributed by atoms with van der Waals surface area (Å²) >= 11 is 1.35. The third kappa shape index (κ3) is 2.62. The van der Waals surface area contributed by atoms with E-state index in [0.717, 1.165) is 11.0 Å². The molecule has 0 aliphatic rings. The van der Waals surface area contributed by atoms with Crippen molar-refractivity contribution in [3.8, 4) is 0 Å². The minimum atomic E-state index is 1.03. The Morgan fingerprint density at radius 2 is 0.755 bits per heavy atom. The Kier molecular flexibility index (Phi) is 4.13. The number of aryl methyl sites for hydroxylation is 4. The van der Waals surface area contributed by atoms with Crippen molar-refractivity contribution in [2.24, 2.45) is 0 Å². The van der Waals surface area contributed by atoms with E-state index >= 15 is 0 Å². The lowest BCUT2D eigenvalue weighted by atomic mass is 9.75. The average molecular weight is 639 g/mol. The van der Waals surface area contributed by atoms with Gasteiger partial charge in [-0.1, -0.05) is 96.1 Å². The highest BCUT2D eigenvalue weighted by molar-refractivity contribution is 7.00. The summed E-state index contributed by atoms with van der Waals surface area (Å²) in [5.74, 6) is 0. The fourth-order valence-corrected chi connectivity index (χ4v) is 11.1. The van der Waals surface area contributed by atoms with Gasteiger partial charge in [-0.25, -0.2) is 0 Å². The molecule has 0 aliphatic carbocycles. The van der Waals surface area contributed by atoms with E-state index < -0.39 is 0 Å². The minimum Gasteiger partial charge on any atom is -0.172 e. The molecule has 0 unspecified atom stereocenters. The number of benzene rings is 12. The van der Waals surface area contributed by atoms with Crippen LogP contribution >= 0.6 is 11.7 Å². The van der Waals surface area contributed by atoms with Crippen LogP contribution < -0.4 is 0 Å². The van der Waals surface area contributed by atoms with Crippen LogP contribution in [-0.2, 0) is 0 Å². The second-order valence-electron chi connectivity index (χ2n) is 14.7. The first-order valence-electron chi connectivity index (χ1n) is 17.2. The van der Waals surface area contributed by atoms with E-state index in [9.17, 15) is 0 Å². The number of nitrogens with zero attached hydrogens (tertiary/aromatic N) is 2. The molecule has 12 aromatic carbocycles. The molecule has 0 spiro atoms. The monoisotopic (exact) mass is 638 g/mol. The summed E-state index contributed by atoms with van der Waals surface area (Å²) < 4.78 is 10.3. The average Bonchev–Trinajstić information content (AvgIpc) is 3.60. The summed E-state index contributed by atoms with van der Waals surface area (Å²) in [7, 11) is 0. The maximum absolute atomic E-state index is 5.15. The van der Waals surface area contributed by atoms with Gasteiger partial charge in [-0.05, 0) is 136 Å². The van der Waals surface area contributed by atoms with Crippen molar-refractivity contribution in [3.63, 3.8) is 0 Å². The largest absolute Gasteiger partial charge is 0.172 e. The summed E-state index contributed by atoms with van der Waals surface area (Å²) in [6, 6.07) is 32.8. The second-order valence-corrected chi connectivity index (χ2v) is 15.3. The Balaban J connectivity index is 1.51. The smallest absolute Gasteiger partial charge is 0.113 e. The van der Waals surface area contributed by atoms with E-state index in [0.29, 0.717) is 0 Å². The molecule has 49 heavy (non-hydrogen) atoms. The van der Waals surface area contributed by atoms with E-state index in [1.807, 2.05) is 0 Å². The summed E-state index contributed by atoms with van der Waals surface area (Å²) in [5, 5.41) is 29.5. The highest BCUT2D eigenvalue weighted by atomic mass is 32.1. The van der Waals surface area contributed by atoms with Gasteiger partial charge >= 0.3 is 0 Å². The summed E-state index contributed by atoms with van der Waals surface area (Å²) in [6.45, 7) is 9.13. The molecule has 13 aromatic rings. The molecule has 1 heterocycles. The van der Waals surface area contributed by atoms with Crippen LogP contribution in [0.25, 0.3) is 130 Å². The van der Waals surface area contributed by atoms with E-state index in [4.69, 9.17) is 8.75 Å². The van der Waals surface area contributed by atoms with Gasteiger partial charge in [0, 0.05) is 21.5 Å². The Morgan fingerprint density at radius 3 is 1.22 bits per heavy atom. The van der Waals surface area contributed by atoms with E-state index in [-0.39, 0.29) is 0 Å². The number of rotatable bonds is 0. The third-order valence-electron chi connectivity index (χ3n) is 12.2. The van der Waals surface area contributed by atoms with Gasteiger partial charge in [-0.3, -0.25) is 0 Å². The number of hydrogen-bond acceptors (Lipinski definition) is 3. The predicted molar refractivity (Wildman–Crippen MR) is 214 cm³/mol. The first-order valence-corrected chi connectivity index (χ1v) is 17.9. The molecule has 13 rings (SSSR count). The molecule has 0 saturated carbocycles. The van der Waals surface area contributed by atoms with Crippen LogP contribution in [0.2, 0.25) is 0 Å². The second kappa shape index (κ2) is 7.97. The van der Waals surface area contributed by atoms with Crippen molar-refractivity contribution in [1.29, 1.82) is 0 Å². The first kappa shape index (κ1) is 25.4. The minimum absolute atomic E-state index is 1.03. The van der Waals surface area contributed by atoms with Crippen molar-refractivity contribution in [3.05, 3.63) is 107 Å². The van der Waals surface area contributed by atoms with Gasteiger partial charge in [-0.2, -0.15) is 8.75 Å². The lowest BCUT2D eigenvalue weighted by Gasteiger charge is -2.27. The SMILES string of the molecule is Cc1ccc2c(c1)c1cc(C)c3c4c(C)cc5c6cc(C)ccc6c6cccc7c6c5c4c4c7c5nsnc5c5c6cccc2c6c1c3c54. The maximum atomic E-state index is 5.15. The Labute approximate surface area is 283 Å². The van der Waals surface area contributed by atoms with Gasteiger partial charge in [0.2, 0.25) is 0 Å².